The van der Waals surface area contributed by atoms with E-state index in [1.807, 2.05) is 24.3 Å². The first-order valence-corrected chi connectivity index (χ1v) is 6.73. The van der Waals surface area contributed by atoms with Gasteiger partial charge in [0.05, 0.1) is 6.54 Å². The van der Waals surface area contributed by atoms with Crippen LogP contribution in [0.25, 0.3) is 0 Å². The molecular formula is C16H22N2O2. The summed E-state index contributed by atoms with van der Waals surface area (Å²) in [5.41, 5.74) is 1.12. The van der Waals surface area contributed by atoms with Crippen LogP contribution in [0.1, 0.15) is 26.3 Å². The van der Waals surface area contributed by atoms with Gasteiger partial charge in [-0.1, -0.05) is 31.9 Å². The average molecular weight is 274 g/mol. The van der Waals surface area contributed by atoms with Crippen LogP contribution < -0.4 is 15.4 Å². The van der Waals surface area contributed by atoms with Crippen molar-refractivity contribution >= 4 is 5.91 Å². The van der Waals surface area contributed by atoms with Crippen LogP contribution in [0.2, 0.25) is 0 Å². The number of rotatable bonds is 7. The van der Waals surface area contributed by atoms with Gasteiger partial charge in [0.2, 0.25) is 0 Å². The van der Waals surface area contributed by atoms with Gasteiger partial charge >= 0.3 is 0 Å². The van der Waals surface area contributed by atoms with Crippen molar-refractivity contribution < 1.29 is 9.53 Å². The van der Waals surface area contributed by atoms with Crippen molar-refractivity contribution in [2.45, 2.75) is 39.5 Å². The predicted octanol–water partition coefficient (Wildman–Crippen LogP) is 1.70. The van der Waals surface area contributed by atoms with Crippen molar-refractivity contribution in [3.05, 3.63) is 29.8 Å². The van der Waals surface area contributed by atoms with Crippen LogP contribution in [0.3, 0.4) is 0 Å². The Kier molecular flexibility index (Phi) is 6.61. The van der Waals surface area contributed by atoms with E-state index < -0.39 is 6.10 Å². The summed E-state index contributed by atoms with van der Waals surface area (Å²) in [4.78, 5) is 11.7. The minimum absolute atomic E-state index is 0.213. The second kappa shape index (κ2) is 8.23. The van der Waals surface area contributed by atoms with Crippen LogP contribution in [-0.4, -0.2) is 24.6 Å². The molecule has 108 valence electrons. The zero-order valence-corrected chi connectivity index (χ0v) is 12.3. The molecule has 1 amide bonds. The largest absolute Gasteiger partial charge is 0.481 e. The molecule has 2 N–H and O–H groups in total. The summed E-state index contributed by atoms with van der Waals surface area (Å²) < 4.78 is 5.61. The molecule has 1 atom stereocenters. The van der Waals surface area contributed by atoms with E-state index in [2.05, 4.69) is 30.4 Å². The van der Waals surface area contributed by atoms with Gasteiger partial charge in [-0.2, -0.15) is 0 Å². The minimum atomic E-state index is -0.573. The van der Waals surface area contributed by atoms with Gasteiger partial charge in [-0.05, 0) is 24.6 Å². The molecule has 0 aromatic heterocycles. The van der Waals surface area contributed by atoms with Gasteiger partial charge in [-0.25, -0.2) is 0 Å². The molecular weight excluding hydrogens is 252 g/mol. The minimum Gasteiger partial charge on any atom is -0.481 e. The maximum absolute atomic E-state index is 11.7. The van der Waals surface area contributed by atoms with Crippen LogP contribution >= 0.6 is 0 Å². The molecule has 0 aliphatic rings. The van der Waals surface area contributed by atoms with Gasteiger partial charge in [0, 0.05) is 12.6 Å². The van der Waals surface area contributed by atoms with Crippen molar-refractivity contribution in [1.29, 1.82) is 0 Å². The fourth-order valence-electron chi connectivity index (χ4n) is 1.59. The Bertz CT molecular complexity index is 478. The second-order valence-electron chi connectivity index (χ2n) is 4.87. The maximum Gasteiger partial charge on any atom is 0.261 e. The Morgan fingerprint density at radius 3 is 2.80 bits per heavy atom. The number of hydrogen-bond donors (Lipinski definition) is 2. The molecule has 0 fully saturated rings. The first kappa shape index (κ1) is 16.1. The summed E-state index contributed by atoms with van der Waals surface area (Å²) in [5.74, 6) is 2.82. The van der Waals surface area contributed by atoms with Gasteiger partial charge in [-0.3, -0.25) is 4.79 Å². The molecule has 0 spiro atoms. The fourth-order valence-corrected chi connectivity index (χ4v) is 1.59. The highest BCUT2D eigenvalue weighted by Gasteiger charge is 2.13. The molecule has 20 heavy (non-hydrogen) atoms. The molecule has 1 rings (SSSR count). The lowest BCUT2D eigenvalue weighted by Crippen LogP contribution is -2.36. The standard InChI is InChI=1S/C16H22N2O2/c1-5-9-17-16(19)13(4)20-15-8-6-7-14(10-15)11-18-12(2)3/h1,6-8,10,12-13,18H,9,11H2,2-4H3,(H,17,19). The monoisotopic (exact) mass is 274 g/mol. The first-order chi connectivity index (χ1) is 9.52. The van der Waals surface area contributed by atoms with Gasteiger partial charge in [0.1, 0.15) is 5.75 Å². The quantitative estimate of drug-likeness (QED) is 0.744. The lowest BCUT2D eigenvalue weighted by Gasteiger charge is -2.15. The molecule has 1 aromatic rings. The maximum atomic E-state index is 11.7. The number of carbonyl (C=O) groups is 1. The second-order valence-corrected chi connectivity index (χ2v) is 4.87. The van der Waals surface area contributed by atoms with Crippen molar-refractivity contribution in [2.24, 2.45) is 0 Å². The number of amides is 1. The van der Waals surface area contributed by atoms with E-state index >= 15 is 0 Å². The smallest absolute Gasteiger partial charge is 0.261 e. The lowest BCUT2D eigenvalue weighted by molar-refractivity contribution is -0.126. The van der Waals surface area contributed by atoms with Crippen molar-refractivity contribution in [3.8, 4) is 18.1 Å². The molecule has 4 heteroatoms. The van der Waals surface area contributed by atoms with Crippen LogP contribution in [0.15, 0.2) is 24.3 Å². The highest BCUT2D eigenvalue weighted by atomic mass is 16.5. The Hall–Kier alpha value is -1.99. The summed E-state index contributed by atoms with van der Waals surface area (Å²) in [6.45, 7) is 6.87. The fraction of sp³-hybridized carbons (Fsp3) is 0.438. The van der Waals surface area contributed by atoms with Crippen molar-refractivity contribution in [3.63, 3.8) is 0 Å². The van der Waals surface area contributed by atoms with Crippen LogP contribution in [-0.2, 0) is 11.3 Å². The van der Waals surface area contributed by atoms with E-state index in [-0.39, 0.29) is 12.5 Å². The first-order valence-electron chi connectivity index (χ1n) is 6.73. The predicted molar refractivity (Wildman–Crippen MR) is 80.4 cm³/mol. The lowest BCUT2D eigenvalue weighted by atomic mass is 10.2. The average Bonchev–Trinajstić information content (AvgIpc) is 2.42. The van der Waals surface area contributed by atoms with Crippen molar-refractivity contribution in [2.75, 3.05) is 6.54 Å². The molecule has 0 saturated heterocycles. The number of carbonyl (C=O) groups excluding carboxylic acids is 1. The number of hydrogen-bond acceptors (Lipinski definition) is 3. The number of benzene rings is 1. The topological polar surface area (TPSA) is 50.4 Å². The molecule has 1 aromatic carbocycles. The molecule has 0 heterocycles. The Morgan fingerprint density at radius 2 is 2.15 bits per heavy atom. The van der Waals surface area contributed by atoms with Crippen LogP contribution in [0, 0.1) is 12.3 Å². The van der Waals surface area contributed by atoms with E-state index in [0.29, 0.717) is 11.8 Å². The summed E-state index contributed by atoms with van der Waals surface area (Å²) in [6.07, 6.45) is 4.52. The molecule has 0 bridgehead atoms. The molecule has 0 radical (unpaired) electrons. The number of nitrogens with one attached hydrogen (secondary N) is 2. The summed E-state index contributed by atoms with van der Waals surface area (Å²) in [7, 11) is 0. The molecule has 0 aliphatic carbocycles. The van der Waals surface area contributed by atoms with Gasteiger partial charge in [0.15, 0.2) is 6.10 Å². The van der Waals surface area contributed by atoms with Crippen molar-refractivity contribution in [1.82, 2.24) is 10.6 Å². The van der Waals surface area contributed by atoms with Gasteiger partial charge < -0.3 is 15.4 Å². The van der Waals surface area contributed by atoms with E-state index in [1.54, 1.807) is 6.92 Å². The third-order valence-corrected chi connectivity index (χ3v) is 2.66. The zero-order chi connectivity index (χ0) is 15.0. The summed E-state index contributed by atoms with van der Waals surface area (Å²) in [5, 5.41) is 5.93. The Balaban J connectivity index is 2.57. The SMILES string of the molecule is C#CCNC(=O)C(C)Oc1cccc(CNC(C)C)c1. The third-order valence-electron chi connectivity index (χ3n) is 2.66. The number of terminal acetylenes is 1. The van der Waals surface area contributed by atoms with E-state index in [0.717, 1.165) is 12.1 Å². The zero-order valence-electron chi connectivity index (χ0n) is 12.3. The summed E-state index contributed by atoms with van der Waals surface area (Å²) in [6, 6.07) is 8.13. The van der Waals surface area contributed by atoms with E-state index in [1.165, 1.54) is 0 Å². The Labute approximate surface area is 120 Å². The van der Waals surface area contributed by atoms with Gasteiger partial charge in [0.25, 0.3) is 5.91 Å². The van der Waals surface area contributed by atoms with Crippen LogP contribution in [0.5, 0.6) is 5.75 Å². The molecule has 0 saturated carbocycles. The Morgan fingerprint density at radius 1 is 1.40 bits per heavy atom. The van der Waals surface area contributed by atoms with Crippen LogP contribution in [0.4, 0.5) is 0 Å². The third kappa shape index (κ3) is 5.77. The highest BCUT2D eigenvalue weighted by molar-refractivity contribution is 5.80. The molecule has 0 aliphatic heterocycles. The highest BCUT2D eigenvalue weighted by Crippen LogP contribution is 2.15. The van der Waals surface area contributed by atoms with E-state index in [4.69, 9.17) is 11.2 Å². The number of ether oxygens (including phenoxy) is 1. The normalized spacial score (nSPS) is 11.8. The van der Waals surface area contributed by atoms with Gasteiger partial charge in [-0.15, -0.1) is 6.42 Å². The summed E-state index contributed by atoms with van der Waals surface area (Å²) >= 11 is 0. The molecule has 4 nitrogen and oxygen atoms in total. The van der Waals surface area contributed by atoms with E-state index in [9.17, 15) is 4.79 Å². The molecule has 1 unspecified atom stereocenters.